The molecule has 0 unspecified atom stereocenters. The zero-order chi connectivity index (χ0) is 19.1. The highest BCUT2D eigenvalue weighted by atomic mass is 28.4. The van der Waals surface area contributed by atoms with Gasteiger partial charge in [0.1, 0.15) is 0 Å². The summed E-state index contributed by atoms with van der Waals surface area (Å²) in [4.78, 5) is 12.9. The van der Waals surface area contributed by atoms with Crippen molar-refractivity contribution < 1.29 is 0 Å². The molecule has 0 amide bonds. The second kappa shape index (κ2) is 10.4. The number of benzene rings is 1. The van der Waals surface area contributed by atoms with Crippen molar-refractivity contribution in [3.8, 4) is 0 Å². The standard InChI is InChI=1S/C24H41N3Si/c1-5-13-21(14-6-1)25-28(24-19-11-4-12-20-24,26-22-15-7-2-8-16-22)27-23-17-9-3-10-18-23/h4,11-12,19-23,25-27H,1-3,5-10,13-18H2. The quantitative estimate of drug-likeness (QED) is 0.587. The summed E-state index contributed by atoms with van der Waals surface area (Å²) in [6.07, 6.45) is 20.7. The molecule has 0 bridgehead atoms. The molecule has 0 saturated heterocycles. The van der Waals surface area contributed by atoms with Crippen LogP contribution in [0.4, 0.5) is 0 Å². The predicted octanol–water partition coefficient (Wildman–Crippen LogP) is 4.60. The monoisotopic (exact) mass is 399 g/mol. The Balaban J connectivity index is 1.61. The van der Waals surface area contributed by atoms with Crippen LogP contribution in [0.1, 0.15) is 96.3 Å². The molecule has 4 rings (SSSR count). The summed E-state index contributed by atoms with van der Waals surface area (Å²) in [5.41, 5.74) is 0. The van der Waals surface area contributed by atoms with Crippen molar-refractivity contribution in [2.45, 2.75) is 114 Å². The molecule has 0 heterocycles. The second-order valence-corrected chi connectivity index (χ2v) is 12.5. The molecule has 3 aliphatic carbocycles. The summed E-state index contributed by atoms with van der Waals surface area (Å²) < 4.78 is 0. The van der Waals surface area contributed by atoms with Gasteiger partial charge in [0.2, 0.25) is 0 Å². The van der Waals surface area contributed by atoms with Crippen molar-refractivity contribution in [3.05, 3.63) is 30.3 Å². The summed E-state index contributed by atoms with van der Waals surface area (Å²) in [5, 5.41) is 1.51. The lowest BCUT2D eigenvalue weighted by Crippen LogP contribution is -2.83. The Kier molecular flexibility index (Phi) is 7.63. The van der Waals surface area contributed by atoms with Gasteiger partial charge in [0.05, 0.1) is 0 Å². The lowest BCUT2D eigenvalue weighted by atomic mass is 9.96. The number of nitrogens with one attached hydrogen (secondary N) is 3. The van der Waals surface area contributed by atoms with Crippen molar-refractivity contribution in [3.63, 3.8) is 0 Å². The topological polar surface area (TPSA) is 36.1 Å². The molecule has 4 heteroatoms. The Morgan fingerprint density at radius 1 is 0.500 bits per heavy atom. The minimum atomic E-state index is -2.18. The van der Waals surface area contributed by atoms with E-state index in [4.69, 9.17) is 0 Å². The van der Waals surface area contributed by atoms with E-state index in [0.717, 1.165) is 0 Å². The van der Waals surface area contributed by atoms with Crippen LogP contribution in [0.5, 0.6) is 0 Å². The van der Waals surface area contributed by atoms with Gasteiger partial charge in [0.25, 0.3) is 0 Å². The third-order valence-electron chi connectivity index (χ3n) is 7.28. The normalized spacial score (nSPS) is 23.7. The van der Waals surface area contributed by atoms with Crippen LogP contribution in [0.3, 0.4) is 0 Å². The average molecular weight is 400 g/mol. The smallest absolute Gasteiger partial charge is 0.307 e. The van der Waals surface area contributed by atoms with Gasteiger partial charge in [-0.1, -0.05) is 88.1 Å². The Bertz CT molecular complexity index is 510. The summed E-state index contributed by atoms with van der Waals surface area (Å²) in [6, 6.07) is 13.4. The summed E-state index contributed by atoms with van der Waals surface area (Å²) >= 11 is 0. The van der Waals surface area contributed by atoms with Gasteiger partial charge in [0.15, 0.2) is 0 Å². The fourth-order valence-corrected chi connectivity index (χ4v) is 9.87. The van der Waals surface area contributed by atoms with Crippen molar-refractivity contribution in [1.82, 2.24) is 14.9 Å². The largest absolute Gasteiger partial charge is 0.315 e. The first-order valence-electron chi connectivity index (χ1n) is 12.2. The van der Waals surface area contributed by atoms with E-state index in [1.807, 2.05) is 0 Å². The molecule has 156 valence electrons. The molecule has 3 aliphatic rings. The van der Waals surface area contributed by atoms with Crippen LogP contribution in [0.15, 0.2) is 30.3 Å². The highest BCUT2D eigenvalue weighted by molar-refractivity contribution is 6.85. The first-order chi connectivity index (χ1) is 13.8. The zero-order valence-electron chi connectivity index (χ0n) is 17.7. The molecule has 0 radical (unpaired) electrons. The fourth-order valence-electron chi connectivity index (χ4n) is 5.72. The highest BCUT2D eigenvalue weighted by Crippen LogP contribution is 2.23. The van der Waals surface area contributed by atoms with E-state index >= 15 is 0 Å². The molecule has 3 fully saturated rings. The summed E-state index contributed by atoms with van der Waals surface area (Å²) in [7, 11) is -2.18. The van der Waals surface area contributed by atoms with E-state index in [-0.39, 0.29) is 0 Å². The molecule has 1 aromatic rings. The predicted molar refractivity (Wildman–Crippen MR) is 122 cm³/mol. The van der Waals surface area contributed by atoms with Crippen LogP contribution in [-0.4, -0.2) is 26.7 Å². The maximum Gasteiger partial charge on any atom is 0.315 e. The van der Waals surface area contributed by atoms with E-state index in [1.54, 1.807) is 0 Å². The third-order valence-corrected chi connectivity index (χ3v) is 11.0. The molecule has 0 spiro atoms. The summed E-state index contributed by atoms with van der Waals surface area (Å²) in [6.45, 7) is 0. The van der Waals surface area contributed by atoms with Gasteiger partial charge in [0, 0.05) is 18.1 Å². The van der Waals surface area contributed by atoms with Crippen LogP contribution in [0.25, 0.3) is 0 Å². The SMILES string of the molecule is c1ccc([Si](NC2CCCCC2)(NC2CCCCC2)NC2CCCCC2)cc1. The maximum atomic E-state index is 4.30. The maximum absolute atomic E-state index is 4.30. The number of hydrogen-bond donors (Lipinski definition) is 3. The van der Waals surface area contributed by atoms with Crippen molar-refractivity contribution in [2.24, 2.45) is 0 Å². The van der Waals surface area contributed by atoms with E-state index in [9.17, 15) is 0 Å². The Labute approximate surface area is 173 Å². The minimum Gasteiger partial charge on any atom is -0.307 e. The lowest BCUT2D eigenvalue weighted by Gasteiger charge is -2.44. The van der Waals surface area contributed by atoms with Gasteiger partial charge in [-0.2, -0.15) is 0 Å². The first-order valence-corrected chi connectivity index (χ1v) is 14.2. The van der Waals surface area contributed by atoms with E-state index in [1.165, 1.54) is 101 Å². The molecular formula is C24H41N3Si. The molecule has 3 nitrogen and oxygen atoms in total. The minimum absolute atomic E-state index is 0.674. The van der Waals surface area contributed by atoms with Crippen LogP contribution >= 0.6 is 0 Å². The fraction of sp³-hybridized carbons (Fsp3) is 0.750. The van der Waals surface area contributed by atoms with Gasteiger partial charge in [-0.15, -0.1) is 0 Å². The van der Waals surface area contributed by atoms with E-state index in [2.05, 4.69) is 45.3 Å². The van der Waals surface area contributed by atoms with E-state index in [0.29, 0.717) is 18.1 Å². The summed E-state index contributed by atoms with van der Waals surface area (Å²) in [5.74, 6) is 0. The van der Waals surface area contributed by atoms with Gasteiger partial charge in [-0.25, -0.2) is 0 Å². The molecular weight excluding hydrogens is 358 g/mol. The van der Waals surface area contributed by atoms with E-state index < -0.39 is 8.56 Å². The van der Waals surface area contributed by atoms with Crippen LogP contribution < -0.4 is 20.1 Å². The van der Waals surface area contributed by atoms with Crippen molar-refractivity contribution in [2.75, 3.05) is 0 Å². The molecule has 0 atom stereocenters. The van der Waals surface area contributed by atoms with Crippen molar-refractivity contribution in [1.29, 1.82) is 0 Å². The molecule has 3 saturated carbocycles. The molecule has 0 aliphatic heterocycles. The zero-order valence-corrected chi connectivity index (χ0v) is 18.7. The van der Waals surface area contributed by atoms with Gasteiger partial charge >= 0.3 is 8.56 Å². The number of rotatable bonds is 7. The number of hydrogen-bond acceptors (Lipinski definition) is 3. The lowest BCUT2D eigenvalue weighted by molar-refractivity contribution is 0.370. The van der Waals surface area contributed by atoms with Gasteiger partial charge in [-0.05, 0) is 43.7 Å². The first kappa shape index (κ1) is 20.6. The van der Waals surface area contributed by atoms with Crippen LogP contribution in [-0.2, 0) is 0 Å². The molecule has 1 aromatic carbocycles. The average Bonchev–Trinajstić information content (AvgIpc) is 2.76. The van der Waals surface area contributed by atoms with Crippen molar-refractivity contribution >= 4 is 13.7 Å². The Morgan fingerprint density at radius 3 is 1.21 bits per heavy atom. The highest BCUT2D eigenvalue weighted by Gasteiger charge is 2.42. The molecule has 0 aromatic heterocycles. The Morgan fingerprint density at radius 2 is 0.857 bits per heavy atom. The Hall–Kier alpha value is -0.683. The molecule has 3 N–H and O–H groups in total. The van der Waals surface area contributed by atoms with Gasteiger partial charge < -0.3 is 14.9 Å². The molecule has 28 heavy (non-hydrogen) atoms. The second-order valence-electron chi connectivity index (χ2n) is 9.55. The van der Waals surface area contributed by atoms with Crippen LogP contribution in [0, 0.1) is 0 Å². The van der Waals surface area contributed by atoms with Gasteiger partial charge in [-0.3, -0.25) is 0 Å². The third kappa shape index (κ3) is 5.47. The van der Waals surface area contributed by atoms with Crippen LogP contribution in [0.2, 0.25) is 0 Å².